The van der Waals surface area contributed by atoms with Crippen LogP contribution in [0.15, 0.2) is 28.9 Å². The summed E-state index contributed by atoms with van der Waals surface area (Å²) < 4.78 is 10.4. The summed E-state index contributed by atoms with van der Waals surface area (Å²) in [5.41, 5.74) is 0. The number of esters is 1. The SMILES string of the molecule is CC(CN1CCCCC1)OC(=O)/C=C/c1ccco1. The number of furan rings is 1. The molecule has 1 aliphatic heterocycles. The van der Waals surface area contributed by atoms with Gasteiger partial charge in [0.1, 0.15) is 11.9 Å². The monoisotopic (exact) mass is 263 g/mol. The number of carbonyl (C=O) groups is 1. The second-order valence-corrected chi connectivity index (χ2v) is 4.96. The van der Waals surface area contributed by atoms with Gasteiger partial charge in [0.15, 0.2) is 0 Å². The van der Waals surface area contributed by atoms with Gasteiger partial charge in [0.25, 0.3) is 0 Å². The molecule has 1 unspecified atom stereocenters. The van der Waals surface area contributed by atoms with Crippen molar-refractivity contribution in [2.45, 2.75) is 32.3 Å². The Morgan fingerprint density at radius 2 is 2.26 bits per heavy atom. The molecule has 2 rings (SSSR count). The molecule has 0 aromatic carbocycles. The molecule has 0 N–H and O–H groups in total. The summed E-state index contributed by atoms with van der Waals surface area (Å²) in [7, 11) is 0. The predicted octanol–water partition coefficient (Wildman–Crippen LogP) is 2.71. The number of likely N-dealkylation sites (tertiary alicyclic amines) is 1. The lowest BCUT2D eigenvalue weighted by Crippen LogP contribution is -2.36. The molecule has 1 aromatic rings. The fraction of sp³-hybridized carbons (Fsp3) is 0.533. The van der Waals surface area contributed by atoms with Gasteiger partial charge < -0.3 is 9.15 Å². The van der Waals surface area contributed by atoms with Crippen molar-refractivity contribution in [3.8, 4) is 0 Å². The zero-order valence-corrected chi connectivity index (χ0v) is 11.4. The highest BCUT2D eigenvalue weighted by Crippen LogP contribution is 2.10. The van der Waals surface area contributed by atoms with Gasteiger partial charge in [-0.3, -0.25) is 4.90 Å². The summed E-state index contributed by atoms with van der Waals surface area (Å²) in [6.07, 6.45) is 8.34. The molecule has 0 aliphatic carbocycles. The first-order valence-corrected chi connectivity index (χ1v) is 6.88. The van der Waals surface area contributed by atoms with Crippen LogP contribution in [0.25, 0.3) is 6.08 Å². The van der Waals surface area contributed by atoms with E-state index in [1.54, 1.807) is 24.5 Å². The lowest BCUT2D eigenvalue weighted by atomic mass is 10.1. The van der Waals surface area contributed by atoms with Crippen LogP contribution in [0.5, 0.6) is 0 Å². The summed E-state index contributed by atoms with van der Waals surface area (Å²) in [6.45, 7) is 4.99. The molecule has 1 aromatic heterocycles. The average Bonchev–Trinajstić information content (AvgIpc) is 2.90. The van der Waals surface area contributed by atoms with Crippen molar-refractivity contribution in [2.24, 2.45) is 0 Å². The van der Waals surface area contributed by atoms with Crippen molar-refractivity contribution in [3.63, 3.8) is 0 Å². The van der Waals surface area contributed by atoms with Gasteiger partial charge in [-0.1, -0.05) is 6.42 Å². The predicted molar refractivity (Wildman–Crippen MR) is 73.6 cm³/mol. The van der Waals surface area contributed by atoms with E-state index < -0.39 is 0 Å². The molecule has 4 heteroatoms. The molecule has 1 aliphatic rings. The number of hydrogen-bond acceptors (Lipinski definition) is 4. The fourth-order valence-electron chi connectivity index (χ4n) is 2.32. The molecule has 1 atom stereocenters. The Labute approximate surface area is 114 Å². The number of ether oxygens (including phenoxy) is 1. The summed E-state index contributed by atoms with van der Waals surface area (Å²) >= 11 is 0. The van der Waals surface area contributed by atoms with Crippen molar-refractivity contribution >= 4 is 12.0 Å². The van der Waals surface area contributed by atoms with Crippen molar-refractivity contribution in [1.82, 2.24) is 4.90 Å². The maximum atomic E-state index is 11.6. The molecule has 104 valence electrons. The highest BCUT2D eigenvalue weighted by molar-refractivity contribution is 5.86. The van der Waals surface area contributed by atoms with Gasteiger partial charge in [-0.25, -0.2) is 4.79 Å². The summed E-state index contributed by atoms with van der Waals surface area (Å²) in [5, 5.41) is 0. The van der Waals surface area contributed by atoms with E-state index in [2.05, 4.69) is 4.90 Å². The molecule has 1 fully saturated rings. The van der Waals surface area contributed by atoms with Gasteiger partial charge in [0.2, 0.25) is 0 Å². The minimum atomic E-state index is -0.319. The number of rotatable bonds is 5. The third-order valence-electron chi connectivity index (χ3n) is 3.21. The van der Waals surface area contributed by atoms with Crippen LogP contribution in [-0.4, -0.2) is 36.6 Å². The third kappa shape index (κ3) is 4.91. The molecule has 0 bridgehead atoms. The summed E-state index contributed by atoms with van der Waals surface area (Å²) in [6, 6.07) is 3.57. The van der Waals surface area contributed by atoms with Crippen LogP contribution in [0.2, 0.25) is 0 Å². The Morgan fingerprint density at radius 3 is 2.95 bits per heavy atom. The number of carbonyl (C=O) groups excluding carboxylic acids is 1. The smallest absolute Gasteiger partial charge is 0.331 e. The van der Waals surface area contributed by atoms with Gasteiger partial charge >= 0.3 is 5.97 Å². The van der Waals surface area contributed by atoms with E-state index in [9.17, 15) is 4.79 Å². The minimum Gasteiger partial charge on any atom is -0.465 e. The average molecular weight is 263 g/mol. The standard InChI is InChI=1S/C15H21NO3/c1-13(12-16-9-3-2-4-10-16)19-15(17)8-7-14-6-5-11-18-14/h5-8,11,13H,2-4,9-10,12H2,1H3/b8-7+. The Morgan fingerprint density at radius 1 is 1.47 bits per heavy atom. The van der Waals surface area contributed by atoms with Crippen LogP contribution in [0.1, 0.15) is 31.9 Å². The molecule has 0 radical (unpaired) electrons. The minimum absolute atomic E-state index is 0.0770. The Hall–Kier alpha value is -1.55. The van der Waals surface area contributed by atoms with E-state index in [4.69, 9.17) is 9.15 Å². The lowest BCUT2D eigenvalue weighted by molar-refractivity contribution is -0.143. The van der Waals surface area contributed by atoms with E-state index in [0.717, 1.165) is 19.6 Å². The van der Waals surface area contributed by atoms with Crippen molar-refractivity contribution in [2.75, 3.05) is 19.6 Å². The van der Waals surface area contributed by atoms with Crippen LogP contribution in [-0.2, 0) is 9.53 Å². The molecule has 1 saturated heterocycles. The molecule has 0 amide bonds. The lowest BCUT2D eigenvalue weighted by Gasteiger charge is -2.28. The molecule has 0 saturated carbocycles. The second kappa shape index (κ2) is 7.14. The molecule has 4 nitrogen and oxygen atoms in total. The van der Waals surface area contributed by atoms with E-state index in [-0.39, 0.29) is 12.1 Å². The largest absolute Gasteiger partial charge is 0.465 e. The zero-order valence-electron chi connectivity index (χ0n) is 11.4. The Bertz CT molecular complexity index is 405. The quantitative estimate of drug-likeness (QED) is 0.605. The first-order chi connectivity index (χ1) is 9.24. The zero-order chi connectivity index (χ0) is 13.5. The van der Waals surface area contributed by atoms with Gasteiger partial charge in [-0.15, -0.1) is 0 Å². The van der Waals surface area contributed by atoms with Crippen molar-refractivity contribution in [1.29, 1.82) is 0 Å². The maximum Gasteiger partial charge on any atom is 0.331 e. The second-order valence-electron chi connectivity index (χ2n) is 4.96. The highest BCUT2D eigenvalue weighted by atomic mass is 16.5. The molecule has 19 heavy (non-hydrogen) atoms. The van der Waals surface area contributed by atoms with Crippen LogP contribution in [0.4, 0.5) is 0 Å². The number of hydrogen-bond donors (Lipinski definition) is 0. The van der Waals surface area contributed by atoms with E-state index >= 15 is 0 Å². The number of piperidine rings is 1. The third-order valence-corrected chi connectivity index (χ3v) is 3.21. The normalized spacial score (nSPS) is 18.6. The maximum absolute atomic E-state index is 11.6. The van der Waals surface area contributed by atoms with Crippen LogP contribution >= 0.6 is 0 Å². The highest BCUT2D eigenvalue weighted by Gasteiger charge is 2.15. The molecule has 2 heterocycles. The van der Waals surface area contributed by atoms with Crippen LogP contribution < -0.4 is 0 Å². The first-order valence-electron chi connectivity index (χ1n) is 6.88. The van der Waals surface area contributed by atoms with Gasteiger partial charge in [0, 0.05) is 12.6 Å². The number of nitrogens with zero attached hydrogens (tertiary/aromatic N) is 1. The van der Waals surface area contributed by atoms with Gasteiger partial charge in [-0.05, 0) is 51.1 Å². The summed E-state index contributed by atoms with van der Waals surface area (Å²) in [4.78, 5) is 14.0. The Kier molecular flexibility index (Phi) is 5.21. The van der Waals surface area contributed by atoms with E-state index in [1.165, 1.54) is 25.3 Å². The van der Waals surface area contributed by atoms with E-state index in [1.807, 2.05) is 6.92 Å². The fourth-order valence-corrected chi connectivity index (χ4v) is 2.32. The van der Waals surface area contributed by atoms with Crippen molar-refractivity contribution in [3.05, 3.63) is 30.2 Å². The van der Waals surface area contributed by atoms with E-state index in [0.29, 0.717) is 5.76 Å². The molecule has 0 spiro atoms. The molecular weight excluding hydrogens is 242 g/mol. The Balaban J connectivity index is 1.72. The van der Waals surface area contributed by atoms with Crippen LogP contribution in [0, 0.1) is 0 Å². The summed E-state index contributed by atoms with van der Waals surface area (Å²) in [5.74, 6) is 0.335. The van der Waals surface area contributed by atoms with Crippen molar-refractivity contribution < 1.29 is 13.9 Å². The van der Waals surface area contributed by atoms with Gasteiger partial charge in [-0.2, -0.15) is 0 Å². The van der Waals surface area contributed by atoms with Crippen LogP contribution in [0.3, 0.4) is 0 Å². The first kappa shape index (κ1) is 13.9. The molecular formula is C15H21NO3. The topological polar surface area (TPSA) is 42.7 Å². The van der Waals surface area contributed by atoms with Gasteiger partial charge in [0.05, 0.1) is 6.26 Å².